The van der Waals surface area contributed by atoms with E-state index in [2.05, 4.69) is 20.6 Å². The standard InChI is InChI=1S/C27H31N5O5S/c1-18(2)16-23(31-26(34)20-12-14-28-21-9-4-3-8-19(20)21)27(35)30-22-10-7-15-32(17-24(22)33)38(36,37)25-11-5-6-13-29-25/h3-6,8-9,11-14,18,22-23H,7,10,15-17H2,1-2H3,(H,30,35)(H,31,34)/t22-,23?/m0/s1. The van der Waals surface area contributed by atoms with Gasteiger partial charge in [0.1, 0.15) is 6.04 Å². The number of fused-ring (bicyclic) bond motifs is 1. The number of nitrogens with one attached hydrogen (secondary N) is 2. The summed E-state index contributed by atoms with van der Waals surface area (Å²) in [6.45, 7) is 3.64. The molecule has 2 aromatic heterocycles. The van der Waals surface area contributed by atoms with E-state index in [1.165, 1.54) is 12.3 Å². The maximum absolute atomic E-state index is 13.3. The lowest BCUT2D eigenvalue weighted by Crippen LogP contribution is -2.52. The van der Waals surface area contributed by atoms with E-state index in [-0.39, 0.29) is 30.5 Å². The van der Waals surface area contributed by atoms with Crippen molar-refractivity contribution in [2.45, 2.75) is 50.2 Å². The van der Waals surface area contributed by atoms with Crippen LogP contribution in [0, 0.1) is 5.92 Å². The molecule has 0 bridgehead atoms. The van der Waals surface area contributed by atoms with Crippen molar-refractivity contribution in [3.05, 3.63) is 66.5 Å². The van der Waals surface area contributed by atoms with Crippen LogP contribution in [0.4, 0.5) is 0 Å². The van der Waals surface area contributed by atoms with Crippen molar-refractivity contribution in [3.63, 3.8) is 0 Å². The number of pyridine rings is 2. The van der Waals surface area contributed by atoms with Gasteiger partial charge < -0.3 is 10.6 Å². The Hall–Kier alpha value is -3.70. The molecule has 200 valence electrons. The molecular formula is C27H31N5O5S. The second-order valence-corrected chi connectivity index (χ2v) is 11.6. The Morgan fingerprint density at radius 2 is 1.82 bits per heavy atom. The topological polar surface area (TPSA) is 138 Å². The first kappa shape index (κ1) is 27.3. The van der Waals surface area contributed by atoms with E-state index in [9.17, 15) is 22.8 Å². The largest absolute Gasteiger partial charge is 0.344 e. The summed E-state index contributed by atoms with van der Waals surface area (Å²) >= 11 is 0. The van der Waals surface area contributed by atoms with Crippen LogP contribution in [0.2, 0.25) is 0 Å². The normalized spacial score (nSPS) is 17.7. The SMILES string of the molecule is CC(C)CC(NC(=O)c1ccnc2ccccc12)C(=O)N[C@H]1CCCN(S(=O)(=O)c2ccccn2)CC1=O. The van der Waals surface area contributed by atoms with Crippen molar-refractivity contribution in [2.75, 3.05) is 13.1 Å². The molecule has 3 heterocycles. The van der Waals surface area contributed by atoms with Crippen LogP contribution in [0.3, 0.4) is 0 Å². The van der Waals surface area contributed by atoms with Crippen LogP contribution in [0.25, 0.3) is 10.9 Å². The number of nitrogens with zero attached hydrogens (tertiary/aromatic N) is 3. The zero-order valence-electron chi connectivity index (χ0n) is 21.3. The summed E-state index contributed by atoms with van der Waals surface area (Å²) in [5.41, 5.74) is 1.07. The minimum absolute atomic E-state index is 0.0871. The van der Waals surface area contributed by atoms with Gasteiger partial charge in [-0.25, -0.2) is 13.4 Å². The van der Waals surface area contributed by atoms with Gasteiger partial charge >= 0.3 is 0 Å². The molecule has 1 saturated heterocycles. The van der Waals surface area contributed by atoms with Crippen LogP contribution >= 0.6 is 0 Å². The highest BCUT2D eigenvalue weighted by Gasteiger charge is 2.35. The second-order valence-electron chi connectivity index (χ2n) is 9.71. The first-order valence-corrected chi connectivity index (χ1v) is 14.0. The molecule has 1 aromatic carbocycles. The Bertz CT molecular complexity index is 1420. The van der Waals surface area contributed by atoms with Gasteiger partial charge in [0.15, 0.2) is 10.8 Å². The lowest BCUT2D eigenvalue weighted by Gasteiger charge is -2.24. The summed E-state index contributed by atoms with van der Waals surface area (Å²) < 4.78 is 27.0. The third kappa shape index (κ3) is 6.22. The predicted octanol–water partition coefficient (Wildman–Crippen LogP) is 2.31. The number of sulfonamides is 1. The Kier molecular flexibility index (Phi) is 8.48. The maximum Gasteiger partial charge on any atom is 0.260 e. The van der Waals surface area contributed by atoms with Crippen LogP contribution < -0.4 is 10.6 Å². The summed E-state index contributed by atoms with van der Waals surface area (Å²) in [5.74, 6) is -1.22. The third-order valence-electron chi connectivity index (χ3n) is 6.40. The number of rotatable bonds is 8. The fourth-order valence-corrected chi connectivity index (χ4v) is 5.87. The number of Topliss-reactive ketones (excluding diaryl/α,β-unsaturated/α-hetero) is 1. The van der Waals surface area contributed by atoms with Crippen LogP contribution in [-0.2, 0) is 19.6 Å². The molecule has 1 unspecified atom stereocenters. The highest BCUT2D eigenvalue weighted by Crippen LogP contribution is 2.19. The molecule has 0 saturated carbocycles. The van der Waals surface area contributed by atoms with E-state index in [0.717, 1.165) is 4.31 Å². The summed E-state index contributed by atoms with van der Waals surface area (Å²) in [6, 6.07) is 11.7. The number of carbonyl (C=O) groups excluding carboxylic acids is 3. The predicted molar refractivity (Wildman–Crippen MR) is 142 cm³/mol. The van der Waals surface area contributed by atoms with Gasteiger partial charge in [-0.05, 0) is 49.4 Å². The molecule has 1 aliphatic heterocycles. The fourth-order valence-electron chi connectivity index (χ4n) is 4.49. The van der Waals surface area contributed by atoms with Crippen LogP contribution in [0.15, 0.2) is 66.0 Å². The highest BCUT2D eigenvalue weighted by molar-refractivity contribution is 7.89. The summed E-state index contributed by atoms with van der Waals surface area (Å²) in [7, 11) is -3.94. The van der Waals surface area contributed by atoms with E-state index in [1.54, 1.807) is 36.5 Å². The molecule has 1 fully saturated rings. The fraction of sp³-hybridized carbons (Fsp3) is 0.370. The summed E-state index contributed by atoms with van der Waals surface area (Å²) in [6.07, 6.45) is 3.96. The molecule has 3 aromatic rings. The van der Waals surface area contributed by atoms with E-state index < -0.39 is 39.7 Å². The number of benzene rings is 1. The monoisotopic (exact) mass is 537 g/mol. The van der Waals surface area contributed by atoms with Crippen molar-refractivity contribution in [1.82, 2.24) is 24.9 Å². The average molecular weight is 538 g/mol. The molecule has 2 atom stereocenters. The quantitative estimate of drug-likeness (QED) is 0.450. The molecular weight excluding hydrogens is 506 g/mol. The molecule has 38 heavy (non-hydrogen) atoms. The number of hydrogen-bond donors (Lipinski definition) is 2. The van der Waals surface area contributed by atoms with Crippen LogP contribution in [0.5, 0.6) is 0 Å². The Balaban J connectivity index is 1.47. The Morgan fingerprint density at radius 3 is 2.55 bits per heavy atom. The van der Waals surface area contributed by atoms with Crippen molar-refractivity contribution in [1.29, 1.82) is 0 Å². The Morgan fingerprint density at radius 1 is 1.05 bits per heavy atom. The van der Waals surface area contributed by atoms with Gasteiger partial charge in [0.05, 0.1) is 23.7 Å². The maximum atomic E-state index is 13.3. The number of hydrogen-bond acceptors (Lipinski definition) is 7. The first-order valence-electron chi connectivity index (χ1n) is 12.6. The number of aromatic nitrogens is 2. The molecule has 2 amide bonds. The molecule has 0 radical (unpaired) electrons. The van der Waals surface area contributed by atoms with Gasteiger partial charge in [0.2, 0.25) is 5.91 Å². The molecule has 11 heteroatoms. The molecule has 0 aliphatic carbocycles. The summed E-state index contributed by atoms with van der Waals surface area (Å²) in [5, 5.41) is 6.14. The van der Waals surface area contributed by atoms with Crippen molar-refractivity contribution in [2.24, 2.45) is 5.92 Å². The Labute approximate surface area is 221 Å². The van der Waals surface area contributed by atoms with Crippen molar-refractivity contribution in [3.8, 4) is 0 Å². The molecule has 4 rings (SSSR count). The molecule has 0 spiro atoms. The number of ketones is 1. The zero-order chi connectivity index (χ0) is 27.3. The van der Waals surface area contributed by atoms with Crippen molar-refractivity contribution < 1.29 is 22.8 Å². The van der Waals surface area contributed by atoms with E-state index in [4.69, 9.17) is 0 Å². The van der Waals surface area contributed by atoms with Gasteiger partial charge in [-0.15, -0.1) is 0 Å². The summed E-state index contributed by atoms with van der Waals surface area (Å²) in [4.78, 5) is 47.7. The number of amides is 2. The van der Waals surface area contributed by atoms with Gasteiger partial charge in [-0.1, -0.05) is 38.1 Å². The highest BCUT2D eigenvalue weighted by atomic mass is 32.2. The smallest absolute Gasteiger partial charge is 0.260 e. The minimum atomic E-state index is -3.94. The third-order valence-corrected chi connectivity index (χ3v) is 8.16. The van der Waals surface area contributed by atoms with E-state index in [0.29, 0.717) is 29.3 Å². The molecule has 2 N–H and O–H groups in total. The van der Waals surface area contributed by atoms with Gasteiger partial charge in [-0.2, -0.15) is 4.31 Å². The number of carbonyl (C=O) groups is 3. The van der Waals surface area contributed by atoms with Gasteiger partial charge in [0, 0.05) is 24.3 Å². The van der Waals surface area contributed by atoms with Gasteiger partial charge in [0.25, 0.3) is 15.9 Å². The van der Waals surface area contributed by atoms with E-state index in [1.807, 2.05) is 26.0 Å². The lowest BCUT2D eigenvalue weighted by molar-refractivity contribution is -0.129. The lowest BCUT2D eigenvalue weighted by atomic mass is 10.0. The van der Waals surface area contributed by atoms with E-state index >= 15 is 0 Å². The van der Waals surface area contributed by atoms with Crippen LogP contribution in [-0.4, -0.2) is 65.5 Å². The number of para-hydroxylation sites is 1. The van der Waals surface area contributed by atoms with Crippen LogP contribution in [0.1, 0.15) is 43.5 Å². The minimum Gasteiger partial charge on any atom is -0.344 e. The second kappa shape index (κ2) is 11.8. The molecule has 10 nitrogen and oxygen atoms in total. The zero-order valence-corrected chi connectivity index (χ0v) is 22.1. The van der Waals surface area contributed by atoms with Gasteiger partial charge in [-0.3, -0.25) is 19.4 Å². The van der Waals surface area contributed by atoms with Crippen molar-refractivity contribution >= 4 is 38.5 Å². The first-order chi connectivity index (χ1) is 18.2. The molecule has 1 aliphatic rings. The average Bonchev–Trinajstić information content (AvgIpc) is 3.09.